The number of ketones is 3. The van der Waals surface area contributed by atoms with E-state index in [1.165, 1.54) is 6.08 Å². The first-order chi connectivity index (χ1) is 10.1. The first-order valence-electron chi connectivity index (χ1n) is 7.18. The topological polar surface area (TPSA) is 63.2 Å². The van der Waals surface area contributed by atoms with Gasteiger partial charge < -0.3 is 10.1 Å². The van der Waals surface area contributed by atoms with Crippen molar-refractivity contribution in [2.75, 3.05) is 13.1 Å². The Bertz CT molecular complexity index is 602. The minimum atomic E-state index is -0.456. The maximum Gasteiger partial charge on any atom is 0.233 e. The van der Waals surface area contributed by atoms with Crippen LogP contribution in [0.25, 0.3) is 5.57 Å². The maximum atomic E-state index is 11.8. The van der Waals surface area contributed by atoms with Gasteiger partial charge in [-0.05, 0) is 43.5 Å². The predicted octanol–water partition coefficient (Wildman–Crippen LogP) is 2.18. The van der Waals surface area contributed by atoms with Gasteiger partial charge in [0.15, 0.2) is 0 Å². The van der Waals surface area contributed by atoms with E-state index in [1.807, 2.05) is 12.1 Å². The fraction of sp³-hybridized carbons (Fsp3) is 0.353. The molecule has 110 valence electrons. The van der Waals surface area contributed by atoms with Crippen molar-refractivity contribution < 1.29 is 14.4 Å². The van der Waals surface area contributed by atoms with E-state index >= 15 is 0 Å². The van der Waals surface area contributed by atoms with Crippen LogP contribution in [0.5, 0.6) is 0 Å². The van der Waals surface area contributed by atoms with Gasteiger partial charge in [-0.2, -0.15) is 0 Å². The smallest absolute Gasteiger partial charge is 0.233 e. The number of hydrogen-bond acceptors (Lipinski definition) is 4. The number of carbonyl (C=O) groups is 3. The molecule has 0 spiro atoms. The molecule has 1 aliphatic carbocycles. The van der Waals surface area contributed by atoms with Crippen molar-refractivity contribution in [1.82, 2.24) is 5.32 Å². The molecule has 4 heteroatoms. The van der Waals surface area contributed by atoms with Crippen molar-refractivity contribution in [3.05, 3.63) is 41.5 Å². The van der Waals surface area contributed by atoms with Crippen LogP contribution in [0.15, 0.2) is 30.3 Å². The van der Waals surface area contributed by atoms with Crippen LogP contribution in [-0.4, -0.2) is 30.4 Å². The second-order valence-corrected chi connectivity index (χ2v) is 5.24. The van der Waals surface area contributed by atoms with Gasteiger partial charge in [-0.1, -0.05) is 24.3 Å². The lowest BCUT2D eigenvalue weighted by Crippen LogP contribution is -2.24. The summed E-state index contributed by atoms with van der Waals surface area (Å²) in [6.45, 7) is 2.94. The van der Waals surface area contributed by atoms with Gasteiger partial charge in [-0.15, -0.1) is 0 Å². The number of benzene rings is 1. The van der Waals surface area contributed by atoms with Gasteiger partial charge in [0.1, 0.15) is 5.78 Å². The van der Waals surface area contributed by atoms with Gasteiger partial charge in [0.25, 0.3) is 0 Å². The maximum absolute atomic E-state index is 11.8. The highest BCUT2D eigenvalue weighted by Crippen LogP contribution is 2.24. The Labute approximate surface area is 124 Å². The van der Waals surface area contributed by atoms with E-state index in [1.54, 1.807) is 19.1 Å². The highest BCUT2D eigenvalue weighted by atomic mass is 16.2. The van der Waals surface area contributed by atoms with Gasteiger partial charge in [-0.3, -0.25) is 9.59 Å². The number of carbonyl (C=O) groups excluding carboxylic acids is 3. The fourth-order valence-electron chi connectivity index (χ4n) is 2.39. The van der Waals surface area contributed by atoms with E-state index in [0.717, 1.165) is 30.5 Å². The standard InChI is InChI=1S/C17H19NO3/c1-12(19)6-4-5-9-18-11-13-10-16(20)17(21)15-8-3-2-7-14(13)15/h2-3,7-8,10,18H,4-6,9,11H2,1H3. The molecule has 0 atom stereocenters. The van der Waals surface area contributed by atoms with Gasteiger partial charge in [-0.25, -0.2) is 0 Å². The van der Waals surface area contributed by atoms with Crippen molar-refractivity contribution >= 4 is 22.9 Å². The molecular weight excluding hydrogens is 266 g/mol. The monoisotopic (exact) mass is 285 g/mol. The van der Waals surface area contributed by atoms with Crippen LogP contribution in [0, 0.1) is 0 Å². The summed E-state index contributed by atoms with van der Waals surface area (Å²) >= 11 is 0. The van der Waals surface area contributed by atoms with Crippen molar-refractivity contribution in [3.63, 3.8) is 0 Å². The summed E-state index contributed by atoms with van der Waals surface area (Å²) < 4.78 is 0. The minimum Gasteiger partial charge on any atom is -0.313 e. The summed E-state index contributed by atoms with van der Waals surface area (Å²) in [5.41, 5.74) is 2.17. The lowest BCUT2D eigenvalue weighted by atomic mass is 9.89. The Morgan fingerprint density at radius 2 is 1.81 bits per heavy atom. The van der Waals surface area contributed by atoms with Crippen LogP contribution < -0.4 is 5.32 Å². The number of nitrogens with one attached hydrogen (secondary N) is 1. The normalized spacial score (nSPS) is 13.9. The zero-order chi connectivity index (χ0) is 15.2. The third kappa shape index (κ3) is 3.95. The molecule has 0 aliphatic heterocycles. The lowest BCUT2D eigenvalue weighted by molar-refractivity contribution is -0.117. The lowest BCUT2D eigenvalue weighted by Gasteiger charge is -2.16. The molecule has 1 aromatic carbocycles. The minimum absolute atomic E-state index is 0.211. The van der Waals surface area contributed by atoms with Gasteiger partial charge in [0, 0.05) is 18.5 Å². The number of unbranched alkanes of at least 4 members (excludes halogenated alkanes) is 1. The van der Waals surface area contributed by atoms with E-state index in [4.69, 9.17) is 0 Å². The Morgan fingerprint density at radius 1 is 1.10 bits per heavy atom. The number of Topliss-reactive ketones (excluding diaryl/α,β-unsaturated/α-hetero) is 2. The second kappa shape index (κ2) is 7.09. The average Bonchev–Trinajstić information content (AvgIpc) is 2.47. The van der Waals surface area contributed by atoms with E-state index in [0.29, 0.717) is 18.5 Å². The molecule has 0 aromatic heterocycles. The first-order valence-corrected chi connectivity index (χ1v) is 7.18. The SMILES string of the molecule is CC(=O)CCCCNCC1=CC(=O)C(=O)c2ccccc21. The van der Waals surface area contributed by atoms with Crippen molar-refractivity contribution in [1.29, 1.82) is 0 Å². The van der Waals surface area contributed by atoms with Gasteiger partial charge >= 0.3 is 0 Å². The van der Waals surface area contributed by atoms with Crippen LogP contribution in [0.4, 0.5) is 0 Å². The summed E-state index contributed by atoms with van der Waals surface area (Å²) in [6.07, 6.45) is 3.82. The zero-order valence-electron chi connectivity index (χ0n) is 12.1. The van der Waals surface area contributed by atoms with Crippen molar-refractivity contribution in [3.8, 4) is 0 Å². The Balaban J connectivity index is 1.91. The molecule has 0 heterocycles. The van der Waals surface area contributed by atoms with Crippen molar-refractivity contribution in [2.45, 2.75) is 26.2 Å². The van der Waals surface area contributed by atoms with Crippen LogP contribution in [-0.2, 0) is 9.59 Å². The molecule has 4 nitrogen and oxygen atoms in total. The summed E-state index contributed by atoms with van der Waals surface area (Å²) in [7, 11) is 0. The molecule has 21 heavy (non-hydrogen) atoms. The van der Waals surface area contributed by atoms with Crippen LogP contribution >= 0.6 is 0 Å². The highest BCUT2D eigenvalue weighted by Gasteiger charge is 2.24. The van der Waals surface area contributed by atoms with E-state index < -0.39 is 11.6 Å². The Hall–Kier alpha value is -2.07. The van der Waals surface area contributed by atoms with Crippen molar-refractivity contribution in [2.24, 2.45) is 0 Å². The predicted molar refractivity (Wildman–Crippen MR) is 81.2 cm³/mol. The van der Waals surface area contributed by atoms with Gasteiger partial charge in [0.2, 0.25) is 11.6 Å². The average molecular weight is 285 g/mol. The molecule has 0 fully saturated rings. The molecule has 2 rings (SSSR count). The number of fused-ring (bicyclic) bond motifs is 1. The Kier molecular flexibility index (Phi) is 5.17. The molecule has 0 bridgehead atoms. The molecule has 0 saturated heterocycles. The summed E-state index contributed by atoms with van der Waals surface area (Å²) in [6, 6.07) is 7.18. The molecule has 0 amide bonds. The molecule has 0 unspecified atom stereocenters. The summed E-state index contributed by atoms with van der Waals surface area (Å²) in [4.78, 5) is 34.3. The summed E-state index contributed by atoms with van der Waals surface area (Å²) in [5.74, 6) is -0.680. The number of hydrogen-bond donors (Lipinski definition) is 1. The van der Waals surface area contributed by atoms with Crippen LogP contribution in [0.3, 0.4) is 0 Å². The molecule has 1 N–H and O–H groups in total. The highest BCUT2D eigenvalue weighted by molar-refractivity contribution is 6.50. The quantitative estimate of drug-likeness (QED) is 0.616. The number of allylic oxidation sites excluding steroid dienone is 1. The molecule has 0 saturated carbocycles. The Morgan fingerprint density at radius 3 is 2.52 bits per heavy atom. The molecule has 1 aromatic rings. The molecule has 1 aliphatic rings. The van der Waals surface area contributed by atoms with Gasteiger partial charge in [0.05, 0.1) is 0 Å². The first kappa shape index (κ1) is 15.3. The van der Waals surface area contributed by atoms with E-state index in [-0.39, 0.29) is 5.78 Å². The summed E-state index contributed by atoms with van der Waals surface area (Å²) in [5, 5.41) is 3.26. The third-order valence-electron chi connectivity index (χ3n) is 3.49. The molecule has 0 radical (unpaired) electrons. The van der Waals surface area contributed by atoms with Crippen LogP contribution in [0.2, 0.25) is 0 Å². The zero-order valence-corrected chi connectivity index (χ0v) is 12.1. The largest absolute Gasteiger partial charge is 0.313 e. The van der Waals surface area contributed by atoms with E-state index in [9.17, 15) is 14.4 Å². The number of rotatable bonds is 7. The molecular formula is C17H19NO3. The second-order valence-electron chi connectivity index (χ2n) is 5.24. The third-order valence-corrected chi connectivity index (χ3v) is 3.49. The van der Waals surface area contributed by atoms with E-state index in [2.05, 4.69) is 5.32 Å². The fourth-order valence-corrected chi connectivity index (χ4v) is 2.39. The van der Waals surface area contributed by atoms with Crippen LogP contribution in [0.1, 0.15) is 42.1 Å².